The molecule has 0 heterocycles. The van der Waals surface area contributed by atoms with Crippen molar-refractivity contribution in [2.45, 2.75) is 6.29 Å². The number of carbonyl (C=O) groups is 1. The maximum Gasteiger partial charge on any atom is 0.221 e. The average Bonchev–Trinajstić information content (AvgIpc) is 2.06. The fourth-order valence-electron chi connectivity index (χ4n) is 0.596. The summed E-state index contributed by atoms with van der Waals surface area (Å²) in [6, 6.07) is 0. The predicted molar refractivity (Wildman–Crippen MR) is 48.6 cm³/mol. The summed E-state index contributed by atoms with van der Waals surface area (Å²) in [7, 11) is 2.80. The van der Waals surface area contributed by atoms with Gasteiger partial charge in [-0.1, -0.05) is 0 Å². The number of nitrogens with two attached hydrogens (primary N) is 1. The summed E-state index contributed by atoms with van der Waals surface area (Å²) >= 11 is 1.30. The van der Waals surface area contributed by atoms with Crippen LogP contribution in [0.5, 0.6) is 0 Å². The van der Waals surface area contributed by atoms with E-state index >= 15 is 0 Å². The second kappa shape index (κ2) is 6.05. The van der Waals surface area contributed by atoms with Crippen LogP contribution in [0.2, 0.25) is 0 Å². The van der Waals surface area contributed by atoms with Gasteiger partial charge >= 0.3 is 0 Å². The van der Waals surface area contributed by atoms with E-state index in [2.05, 4.69) is 0 Å². The third kappa shape index (κ3) is 3.75. The summed E-state index contributed by atoms with van der Waals surface area (Å²) in [5.41, 5.74) is 5.41. The monoisotopic (exact) mass is 191 g/mol. The van der Waals surface area contributed by atoms with E-state index in [1.165, 1.54) is 32.1 Å². The Morgan fingerprint density at radius 1 is 1.50 bits per heavy atom. The quantitative estimate of drug-likeness (QED) is 0.501. The number of hydrogen-bond donors (Lipinski definition) is 1. The van der Waals surface area contributed by atoms with E-state index < -0.39 is 6.29 Å². The maximum absolute atomic E-state index is 11.2. The molecule has 0 rings (SSSR count). The SMILES string of the molecule is COC(OC)C(=O)C=C(N)SC. The number of carbonyl (C=O) groups excluding carboxylic acids is 1. The highest BCUT2D eigenvalue weighted by Gasteiger charge is 2.13. The molecule has 0 aromatic heterocycles. The van der Waals surface area contributed by atoms with E-state index in [0.717, 1.165) is 0 Å². The zero-order chi connectivity index (χ0) is 9.56. The molecule has 4 nitrogen and oxygen atoms in total. The van der Waals surface area contributed by atoms with Gasteiger partial charge in [-0.05, 0) is 6.26 Å². The van der Waals surface area contributed by atoms with E-state index in [-0.39, 0.29) is 5.78 Å². The van der Waals surface area contributed by atoms with Crippen LogP contribution in [0.25, 0.3) is 0 Å². The van der Waals surface area contributed by atoms with Crippen LogP contribution in [0.4, 0.5) is 0 Å². The standard InChI is InChI=1S/C7H13NO3S/c1-10-7(11-2)5(9)4-6(8)12-3/h4,7H,8H2,1-3H3. The van der Waals surface area contributed by atoms with Crippen molar-refractivity contribution < 1.29 is 14.3 Å². The molecule has 0 saturated heterocycles. The average molecular weight is 191 g/mol. The van der Waals surface area contributed by atoms with Gasteiger partial charge in [0.15, 0.2) is 0 Å². The lowest BCUT2D eigenvalue weighted by Crippen LogP contribution is -2.23. The first-order valence-corrected chi connectivity index (χ1v) is 4.48. The van der Waals surface area contributed by atoms with Gasteiger partial charge in [0.1, 0.15) is 0 Å². The summed E-state index contributed by atoms with van der Waals surface area (Å²) in [5.74, 6) is -0.285. The Hall–Kier alpha value is -0.520. The van der Waals surface area contributed by atoms with E-state index in [1.54, 1.807) is 6.26 Å². The highest BCUT2D eigenvalue weighted by Crippen LogP contribution is 2.05. The minimum atomic E-state index is -0.851. The zero-order valence-corrected chi connectivity index (χ0v) is 8.18. The Balaban J connectivity index is 4.18. The van der Waals surface area contributed by atoms with Gasteiger partial charge in [0.25, 0.3) is 0 Å². The Kier molecular flexibility index (Phi) is 5.79. The second-order valence-electron chi connectivity index (χ2n) is 1.96. The van der Waals surface area contributed by atoms with Crippen molar-refractivity contribution in [1.82, 2.24) is 0 Å². The lowest BCUT2D eigenvalue weighted by Gasteiger charge is -2.09. The summed E-state index contributed by atoms with van der Waals surface area (Å²) < 4.78 is 9.45. The Morgan fingerprint density at radius 2 is 2.00 bits per heavy atom. The number of methoxy groups -OCH3 is 2. The third-order valence-corrected chi connectivity index (χ3v) is 1.77. The fourth-order valence-corrected chi connectivity index (χ4v) is 0.830. The zero-order valence-electron chi connectivity index (χ0n) is 7.37. The van der Waals surface area contributed by atoms with Crippen LogP contribution in [-0.2, 0) is 14.3 Å². The van der Waals surface area contributed by atoms with Gasteiger partial charge in [-0.3, -0.25) is 4.79 Å². The fraction of sp³-hybridized carbons (Fsp3) is 0.571. The van der Waals surface area contributed by atoms with Crippen LogP contribution >= 0.6 is 11.8 Å². The lowest BCUT2D eigenvalue weighted by molar-refractivity contribution is -0.151. The predicted octanol–water partition coefficient (Wildman–Crippen LogP) is 0.337. The van der Waals surface area contributed by atoms with Crippen molar-refractivity contribution in [2.24, 2.45) is 5.73 Å². The van der Waals surface area contributed by atoms with Crippen molar-refractivity contribution in [3.05, 3.63) is 11.1 Å². The van der Waals surface area contributed by atoms with Gasteiger partial charge in [-0.2, -0.15) is 0 Å². The topological polar surface area (TPSA) is 61.5 Å². The molecule has 0 aromatic carbocycles. The first-order chi connectivity index (χ1) is 5.65. The molecule has 0 aromatic rings. The maximum atomic E-state index is 11.2. The molecule has 0 aliphatic heterocycles. The summed E-state index contributed by atoms with van der Waals surface area (Å²) in [6.07, 6.45) is 2.23. The molecule has 0 aliphatic rings. The van der Waals surface area contributed by atoms with E-state index in [0.29, 0.717) is 5.03 Å². The normalized spacial score (nSPS) is 12.2. The third-order valence-electron chi connectivity index (χ3n) is 1.18. The van der Waals surface area contributed by atoms with E-state index in [1.807, 2.05) is 0 Å². The molecule has 0 bridgehead atoms. The first-order valence-electron chi connectivity index (χ1n) is 3.26. The summed E-state index contributed by atoms with van der Waals surface area (Å²) in [6.45, 7) is 0. The van der Waals surface area contributed by atoms with Gasteiger partial charge in [-0.15, -0.1) is 11.8 Å². The van der Waals surface area contributed by atoms with Crippen molar-refractivity contribution in [3.8, 4) is 0 Å². The number of thioether (sulfide) groups is 1. The Morgan fingerprint density at radius 3 is 2.33 bits per heavy atom. The number of hydrogen-bond acceptors (Lipinski definition) is 5. The summed E-state index contributed by atoms with van der Waals surface area (Å²) in [5, 5.41) is 0.444. The molecule has 0 atom stereocenters. The second-order valence-corrected chi connectivity index (χ2v) is 2.84. The molecule has 2 N–H and O–H groups in total. The smallest absolute Gasteiger partial charge is 0.221 e. The lowest BCUT2D eigenvalue weighted by atomic mass is 10.4. The van der Waals surface area contributed by atoms with Crippen molar-refractivity contribution >= 4 is 17.5 Å². The van der Waals surface area contributed by atoms with Gasteiger partial charge in [-0.25, -0.2) is 0 Å². The molecule has 0 amide bonds. The van der Waals surface area contributed by atoms with Crippen molar-refractivity contribution in [2.75, 3.05) is 20.5 Å². The minimum absolute atomic E-state index is 0.285. The molecule has 0 radical (unpaired) electrons. The Labute approximate surface area is 76.1 Å². The van der Waals surface area contributed by atoms with Crippen LogP contribution < -0.4 is 5.73 Å². The van der Waals surface area contributed by atoms with Gasteiger partial charge in [0.05, 0.1) is 5.03 Å². The minimum Gasteiger partial charge on any atom is -0.393 e. The molecule has 0 aliphatic carbocycles. The number of ether oxygens (including phenoxy) is 2. The van der Waals surface area contributed by atoms with Crippen LogP contribution in [0.3, 0.4) is 0 Å². The van der Waals surface area contributed by atoms with Crippen LogP contribution in [0.1, 0.15) is 0 Å². The largest absolute Gasteiger partial charge is 0.393 e. The first kappa shape index (κ1) is 11.5. The molecule has 5 heteroatoms. The number of ketones is 1. The summed E-state index contributed by atoms with van der Waals surface area (Å²) in [4.78, 5) is 11.2. The van der Waals surface area contributed by atoms with Crippen molar-refractivity contribution in [3.63, 3.8) is 0 Å². The van der Waals surface area contributed by atoms with Crippen LogP contribution in [0.15, 0.2) is 11.1 Å². The van der Waals surface area contributed by atoms with E-state index in [4.69, 9.17) is 15.2 Å². The molecule has 0 saturated carbocycles. The van der Waals surface area contributed by atoms with Gasteiger partial charge < -0.3 is 15.2 Å². The van der Waals surface area contributed by atoms with Crippen LogP contribution in [0, 0.1) is 0 Å². The molecular weight excluding hydrogens is 178 g/mol. The molecule has 70 valence electrons. The highest BCUT2D eigenvalue weighted by atomic mass is 32.2. The van der Waals surface area contributed by atoms with Gasteiger partial charge in [0.2, 0.25) is 12.1 Å². The van der Waals surface area contributed by atoms with Crippen LogP contribution in [-0.4, -0.2) is 32.5 Å². The van der Waals surface area contributed by atoms with Gasteiger partial charge in [0, 0.05) is 20.3 Å². The van der Waals surface area contributed by atoms with Crippen molar-refractivity contribution in [1.29, 1.82) is 0 Å². The number of rotatable bonds is 5. The molecular formula is C7H13NO3S. The molecule has 0 fully saturated rings. The molecule has 0 spiro atoms. The molecule has 12 heavy (non-hydrogen) atoms. The Bertz CT molecular complexity index is 177. The molecule has 0 unspecified atom stereocenters. The van der Waals surface area contributed by atoms with E-state index in [9.17, 15) is 4.79 Å². The highest BCUT2D eigenvalue weighted by molar-refractivity contribution is 8.02.